The van der Waals surface area contributed by atoms with Gasteiger partial charge in [-0.15, -0.1) is 0 Å². The number of rotatable bonds is 4. The molecular formula is C28H33NO4. The lowest BCUT2D eigenvalue weighted by Gasteiger charge is -2.55. The predicted molar refractivity (Wildman–Crippen MR) is 130 cm³/mol. The second-order valence-electron chi connectivity index (χ2n) is 10.5. The number of pyridine rings is 1. The number of allylic oxidation sites excluding steroid dienone is 4. The highest BCUT2D eigenvalue weighted by atomic mass is 16.3. The molecule has 5 atom stereocenters. The van der Waals surface area contributed by atoms with Crippen LogP contribution >= 0.6 is 0 Å². The van der Waals surface area contributed by atoms with Crippen LogP contribution in [0.2, 0.25) is 0 Å². The number of aromatic amines is 1. The Hall–Kier alpha value is -3.08. The van der Waals surface area contributed by atoms with Gasteiger partial charge >= 0.3 is 0 Å². The second-order valence-corrected chi connectivity index (χ2v) is 10.5. The number of aromatic nitrogens is 1. The van der Waals surface area contributed by atoms with Crippen LogP contribution in [0.25, 0.3) is 11.1 Å². The number of hydrogen-bond donors (Lipinski definition) is 3. The lowest BCUT2D eigenvalue weighted by Crippen LogP contribution is -2.47. The van der Waals surface area contributed by atoms with Gasteiger partial charge in [0.25, 0.3) is 5.56 Å². The number of nitrogens with one attached hydrogen (secondary N) is 1. The number of ketones is 1. The lowest BCUT2D eigenvalue weighted by molar-refractivity contribution is 0.0149. The molecule has 1 aromatic heterocycles. The van der Waals surface area contributed by atoms with Crippen molar-refractivity contribution < 1.29 is 15.0 Å². The maximum Gasteiger partial charge on any atom is 0.263 e. The van der Waals surface area contributed by atoms with Gasteiger partial charge in [-0.1, -0.05) is 64.5 Å². The van der Waals surface area contributed by atoms with Crippen molar-refractivity contribution in [2.45, 2.75) is 47.0 Å². The van der Waals surface area contributed by atoms with E-state index in [1.54, 1.807) is 12.1 Å². The number of phenolic OH excluding ortho intramolecular Hbond substituents is 1. The molecule has 0 radical (unpaired) electrons. The van der Waals surface area contributed by atoms with E-state index in [2.05, 4.69) is 44.8 Å². The fraction of sp³-hybridized carbons (Fsp3) is 0.429. The average Bonchev–Trinajstić information content (AvgIpc) is 2.76. The summed E-state index contributed by atoms with van der Waals surface area (Å²) < 4.78 is 0. The monoisotopic (exact) mass is 447 g/mol. The fourth-order valence-electron chi connectivity index (χ4n) is 6.09. The van der Waals surface area contributed by atoms with Gasteiger partial charge in [-0.2, -0.15) is 0 Å². The number of phenols is 1. The van der Waals surface area contributed by atoms with Gasteiger partial charge in [0.15, 0.2) is 5.78 Å². The molecule has 2 aliphatic carbocycles. The third-order valence-corrected chi connectivity index (χ3v) is 8.12. The first kappa shape index (κ1) is 23.1. The number of fused-ring (bicyclic) bond motifs is 1. The molecule has 0 unspecified atom stereocenters. The molecule has 0 amide bonds. The van der Waals surface area contributed by atoms with E-state index in [-0.39, 0.29) is 33.8 Å². The number of H-pyrrole nitrogens is 1. The van der Waals surface area contributed by atoms with Gasteiger partial charge in [-0.25, -0.2) is 0 Å². The van der Waals surface area contributed by atoms with Crippen LogP contribution in [-0.2, 0) is 0 Å². The maximum atomic E-state index is 13.2. The normalized spacial score (nSPS) is 31.5. The molecule has 2 aromatic rings. The van der Waals surface area contributed by atoms with Gasteiger partial charge in [-0.3, -0.25) is 9.59 Å². The second kappa shape index (κ2) is 8.36. The predicted octanol–water partition coefficient (Wildman–Crippen LogP) is 5.85. The lowest BCUT2D eigenvalue weighted by atomic mass is 9.49. The Morgan fingerprint density at radius 2 is 1.82 bits per heavy atom. The first-order valence-electron chi connectivity index (χ1n) is 11.7. The summed E-state index contributed by atoms with van der Waals surface area (Å²) in [6.07, 6.45) is 12.9. The molecule has 5 heteroatoms. The van der Waals surface area contributed by atoms with Crippen molar-refractivity contribution in [3.63, 3.8) is 0 Å². The Bertz CT molecular complexity index is 1180. The Morgan fingerprint density at radius 1 is 1.12 bits per heavy atom. The zero-order chi connectivity index (χ0) is 24.0. The Morgan fingerprint density at radius 3 is 2.52 bits per heavy atom. The van der Waals surface area contributed by atoms with Gasteiger partial charge in [0, 0.05) is 11.8 Å². The number of aromatic hydroxyl groups is 2. The minimum Gasteiger partial charge on any atom is -0.508 e. The van der Waals surface area contributed by atoms with E-state index in [1.807, 2.05) is 6.08 Å². The molecular weight excluding hydrogens is 414 g/mol. The minimum atomic E-state index is -0.622. The van der Waals surface area contributed by atoms with Crippen molar-refractivity contribution in [2.24, 2.45) is 28.6 Å². The first-order chi connectivity index (χ1) is 15.5. The van der Waals surface area contributed by atoms with E-state index in [0.717, 1.165) is 12.8 Å². The van der Waals surface area contributed by atoms with Crippen molar-refractivity contribution in [3.8, 4) is 22.6 Å². The van der Waals surface area contributed by atoms with Crippen molar-refractivity contribution in [2.75, 3.05) is 0 Å². The first-order valence-corrected chi connectivity index (χ1v) is 11.7. The Kier molecular flexibility index (Phi) is 5.85. The van der Waals surface area contributed by atoms with Crippen LogP contribution in [0.5, 0.6) is 11.5 Å². The highest BCUT2D eigenvalue weighted by molar-refractivity contribution is 6.07. The van der Waals surface area contributed by atoms with Crippen LogP contribution in [0.1, 0.15) is 57.3 Å². The molecule has 174 valence electrons. The quantitative estimate of drug-likeness (QED) is 0.312. The van der Waals surface area contributed by atoms with Gasteiger partial charge in [0.05, 0.1) is 0 Å². The van der Waals surface area contributed by atoms with E-state index >= 15 is 0 Å². The molecule has 1 aromatic carbocycles. The standard InChI is InChI=1S/C28H33NO4/c1-17-5-10-23-27(3,15-17)13-11-18(2)28(23,4)14-12-22(31)24-25(32)21(16-29-26(24)33)19-6-8-20(30)9-7-19/h6-9,11-14,16-18,23,30H,5,10,15H2,1-4H3,(H2,29,32,33)/b14-12-/t17-,18-,23-,27-,28-/m1/s1. The smallest absolute Gasteiger partial charge is 0.263 e. The minimum absolute atomic E-state index is 0.0880. The molecule has 0 bridgehead atoms. The van der Waals surface area contributed by atoms with Crippen LogP contribution in [0.3, 0.4) is 0 Å². The molecule has 3 N–H and O–H groups in total. The largest absolute Gasteiger partial charge is 0.508 e. The van der Waals surface area contributed by atoms with Gasteiger partial charge in [-0.05, 0) is 65.2 Å². The van der Waals surface area contributed by atoms with E-state index in [1.165, 1.54) is 30.8 Å². The van der Waals surface area contributed by atoms with Gasteiger partial charge in [0.2, 0.25) is 0 Å². The average molecular weight is 448 g/mol. The van der Waals surface area contributed by atoms with E-state index in [4.69, 9.17) is 0 Å². The Balaban J connectivity index is 1.69. The van der Waals surface area contributed by atoms with Gasteiger partial charge in [0.1, 0.15) is 17.1 Å². The van der Waals surface area contributed by atoms with E-state index < -0.39 is 11.3 Å². The number of benzene rings is 1. The molecule has 1 heterocycles. The molecule has 0 aliphatic heterocycles. The van der Waals surface area contributed by atoms with E-state index in [0.29, 0.717) is 23.0 Å². The zero-order valence-electron chi connectivity index (χ0n) is 19.8. The SMILES string of the molecule is C[C@@H]1CC[C@H]2[C@](C)(/C=C\C(=O)c3c(O)c(-c4ccc(O)cc4)c[nH]c3=O)[C@H](C)C=C[C@]2(C)C1. The fourth-order valence-corrected chi connectivity index (χ4v) is 6.09. The molecule has 33 heavy (non-hydrogen) atoms. The molecule has 1 fully saturated rings. The van der Waals surface area contributed by atoms with Crippen LogP contribution in [0, 0.1) is 28.6 Å². The maximum absolute atomic E-state index is 13.2. The highest BCUT2D eigenvalue weighted by Crippen LogP contribution is 2.58. The summed E-state index contributed by atoms with van der Waals surface area (Å²) in [6.45, 7) is 9.01. The zero-order valence-corrected chi connectivity index (χ0v) is 19.8. The Labute approximate surface area is 194 Å². The van der Waals surface area contributed by atoms with Crippen molar-refractivity contribution in [1.29, 1.82) is 0 Å². The summed E-state index contributed by atoms with van der Waals surface area (Å²) in [5.74, 6) is 0.566. The third kappa shape index (κ3) is 4.05. The molecule has 4 rings (SSSR count). The van der Waals surface area contributed by atoms with Crippen LogP contribution in [-0.4, -0.2) is 21.0 Å². The third-order valence-electron chi connectivity index (χ3n) is 8.12. The number of carbonyl (C=O) groups excluding carboxylic acids is 1. The van der Waals surface area contributed by atoms with Crippen LogP contribution in [0.15, 0.2) is 59.6 Å². The molecule has 0 saturated heterocycles. The molecule has 0 spiro atoms. The van der Waals surface area contributed by atoms with E-state index in [9.17, 15) is 19.8 Å². The molecule has 2 aliphatic rings. The number of carbonyl (C=O) groups is 1. The summed E-state index contributed by atoms with van der Waals surface area (Å²) >= 11 is 0. The van der Waals surface area contributed by atoms with Crippen LogP contribution in [0.4, 0.5) is 0 Å². The summed E-state index contributed by atoms with van der Waals surface area (Å²) in [6, 6.07) is 6.22. The van der Waals surface area contributed by atoms with Crippen LogP contribution < -0.4 is 5.56 Å². The van der Waals surface area contributed by atoms with Crippen molar-refractivity contribution >= 4 is 5.78 Å². The molecule has 5 nitrogen and oxygen atoms in total. The highest BCUT2D eigenvalue weighted by Gasteiger charge is 2.50. The topological polar surface area (TPSA) is 90.4 Å². The summed E-state index contributed by atoms with van der Waals surface area (Å²) in [4.78, 5) is 28.3. The van der Waals surface area contributed by atoms with Crippen molar-refractivity contribution in [1.82, 2.24) is 4.98 Å². The summed E-state index contributed by atoms with van der Waals surface area (Å²) in [5, 5.41) is 20.4. The van der Waals surface area contributed by atoms with Gasteiger partial charge < -0.3 is 15.2 Å². The molecule has 1 saturated carbocycles. The van der Waals surface area contributed by atoms with Crippen molar-refractivity contribution in [3.05, 3.63) is 70.7 Å². The summed E-state index contributed by atoms with van der Waals surface area (Å²) in [5.41, 5.74) is -0.103. The summed E-state index contributed by atoms with van der Waals surface area (Å²) in [7, 11) is 0. The number of hydrogen-bond acceptors (Lipinski definition) is 4.